The number of benzene rings is 1. The third-order valence-electron chi connectivity index (χ3n) is 2.49. The SMILES string of the molecule is Fc1ccc(Cl)c([C@@H]2CCCN2)c1Br. The van der Waals surface area contributed by atoms with Crippen LogP contribution >= 0.6 is 27.5 Å². The number of hydrogen-bond acceptors (Lipinski definition) is 1. The fourth-order valence-electron chi connectivity index (χ4n) is 1.79. The van der Waals surface area contributed by atoms with E-state index < -0.39 is 0 Å². The van der Waals surface area contributed by atoms with Crippen LogP contribution in [0.3, 0.4) is 0 Å². The molecule has 1 atom stereocenters. The molecular weight excluding hydrogens is 268 g/mol. The Balaban J connectivity index is 2.44. The lowest BCUT2D eigenvalue weighted by atomic mass is 10.1. The van der Waals surface area contributed by atoms with Crippen molar-refractivity contribution in [3.8, 4) is 0 Å². The van der Waals surface area contributed by atoms with E-state index in [9.17, 15) is 4.39 Å². The first-order valence-electron chi connectivity index (χ1n) is 4.57. The van der Waals surface area contributed by atoms with Gasteiger partial charge in [0.15, 0.2) is 0 Å². The van der Waals surface area contributed by atoms with E-state index in [1.54, 1.807) is 6.07 Å². The summed E-state index contributed by atoms with van der Waals surface area (Å²) < 4.78 is 13.8. The highest BCUT2D eigenvalue weighted by Crippen LogP contribution is 2.36. The number of rotatable bonds is 1. The van der Waals surface area contributed by atoms with Gasteiger partial charge in [-0.25, -0.2) is 4.39 Å². The molecule has 76 valence electrons. The molecule has 1 heterocycles. The molecule has 4 heteroatoms. The first-order chi connectivity index (χ1) is 6.70. The molecule has 0 aromatic heterocycles. The molecule has 1 fully saturated rings. The first kappa shape index (κ1) is 10.4. The molecule has 1 nitrogen and oxygen atoms in total. The fraction of sp³-hybridized carbons (Fsp3) is 0.400. The zero-order valence-corrected chi connectivity index (χ0v) is 9.83. The Bertz CT molecular complexity index is 350. The molecule has 0 saturated carbocycles. The van der Waals surface area contributed by atoms with Gasteiger partial charge in [0.25, 0.3) is 0 Å². The standard InChI is InChI=1S/C10H10BrClFN/c11-10-7(13)4-3-6(12)9(10)8-2-1-5-14-8/h3-4,8,14H,1-2,5H2/t8-/m0/s1. The van der Waals surface area contributed by atoms with E-state index in [-0.39, 0.29) is 11.9 Å². The minimum atomic E-state index is -0.252. The second kappa shape index (κ2) is 4.17. The predicted molar refractivity (Wildman–Crippen MR) is 59.1 cm³/mol. The van der Waals surface area contributed by atoms with Crippen molar-refractivity contribution >= 4 is 27.5 Å². The number of hydrogen-bond donors (Lipinski definition) is 1. The van der Waals surface area contributed by atoms with Crippen LogP contribution in [0.4, 0.5) is 4.39 Å². The average Bonchev–Trinajstić information content (AvgIpc) is 2.65. The Morgan fingerprint density at radius 2 is 2.29 bits per heavy atom. The van der Waals surface area contributed by atoms with E-state index in [1.807, 2.05) is 0 Å². The molecule has 0 aliphatic carbocycles. The van der Waals surface area contributed by atoms with E-state index in [1.165, 1.54) is 6.07 Å². The zero-order chi connectivity index (χ0) is 10.1. The molecule has 0 radical (unpaired) electrons. The molecule has 0 spiro atoms. The number of halogens is 3. The van der Waals surface area contributed by atoms with Gasteiger partial charge in [-0.1, -0.05) is 11.6 Å². The average molecular weight is 279 g/mol. The van der Waals surface area contributed by atoms with Crippen molar-refractivity contribution in [1.29, 1.82) is 0 Å². The maximum absolute atomic E-state index is 13.3. The maximum Gasteiger partial charge on any atom is 0.137 e. The smallest absolute Gasteiger partial charge is 0.137 e. The minimum absolute atomic E-state index is 0.188. The van der Waals surface area contributed by atoms with Crippen LogP contribution in [0, 0.1) is 5.82 Å². The lowest BCUT2D eigenvalue weighted by molar-refractivity contribution is 0.598. The molecule has 1 aliphatic rings. The first-order valence-corrected chi connectivity index (χ1v) is 5.74. The summed E-state index contributed by atoms with van der Waals surface area (Å²) in [4.78, 5) is 0. The molecule has 0 bridgehead atoms. The lowest BCUT2D eigenvalue weighted by Crippen LogP contribution is -2.14. The van der Waals surface area contributed by atoms with Gasteiger partial charge in [-0.05, 0) is 47.4 Å². The van der Waals surface area contributed by atoms with Gasteiger partial charge in [0.05, 0.1) is 4.47 Å². The quantitative estimate of drug-likeness (QED) is 0.773. The Labute approximate surface area is 95.8 Å². The Morgan fingerprint density at radius 3 is 2.93 bits per heavy atom. The van der Waals surface area contributed by atoms with Crippen LogP contribution in [-0.2, 0) is 0 Å². The van der Waals surface area contributed by atoms with Gasteiger partial charge >= 0.3 is 0 Å². The highest BCUT2D eigenvalue weighted by atomic mass is 79.9. The monoisotopic (exact) mass is 277 g/mol. The molecule has 0 amide bonds. The molecule has 1 aromatic carbocycles. The summed E-state index contributed by atoms with van der Waals surface area (Å²) in [5.41, 5.74) is 0.851. The van der Waals surface area contributed by atoms with Gasteiger partial charge in [-0.3, -0.25) is 0 Å². The summed E-state index contributed by atoms with van der Waals surface area (Å²) >= 11 is 9.29. The summed E-state index contributed by atoms with van der Waals surface area (Å²) in [6, 6.07) is 3.18. The van der Waals surface area contributed by atoms with Crippen LogP contribution in [0.2, 0.25) is 5.02 Å². The van der Waals surface area contributed by atoms with Crippen molar-refractivity contribution in [3.63, 3.8) is 0 Å². The van der Waals surface area contributed by atoms with Crippen molar-refractivity contribution in [2.75, 3.05) is 6.54 Å². The Hall–Kier alpha value is -0.120. The highest BCUT2D eigenvalue weighted by molar-refractivity contribution is 9.10. The third-order valence-corrected chi connectivity index (χ3v) is 3.62. The van der Waals surface area contributed by atoms with Gasteiger partial charge < -0.3 is 5.32 Å². The van der Waals surface area contributed by atoms with E-state index in [2.05, 4.69) is 21.2 Å². The summed E-state index contributed by atoms with van der Waals surface area (Å²) in [7, 11) is 0. The van der Waals surface area contributed by atoms with Crippen LogP contribution < -0.4 is 5.32 Å². The second-order valence-electron chi connectivity index (χ2n) is 3.41. The normalized spacial score (nSPS) is 21.5. The van der Waals surface area contributed by atoms with E-state index in [0.29, 0.717) is 9.50 Å². The zero-order valence-electron chi connectivity index (χ0n) is 7.49. The molecular formula is C10H10BrClFN. The van der Waals surface area contributed by atoms with Crippen LogP contribution in [0.1, 0.15) is 24.4 Å². The van der Waals surface area contributed by atoms with Crippen LogP contribution in [0.5, 0.6) is 0 Å². The Morgan fingerprint density at radius 1 is 1.50 bits per heavy atom. The predicted octanol–water partition coefficient (Wildman–Crippen LogP) is 3.67. The van der Waals surface area contributed by atoms with Gasteiger partial charge in [0.1, 0.15) is 5.82 Å². The van der Waals surface area contributed by atoms with Gasteiger partial charge in [0, 0.05) is 16.6 Å². The van der Waals surface area contributed by atoms with Gasteiger partial charge in [-0.15, -0.1) is 0 Å². The molecule has 2 rings (SSSR count). The van der Waals surface area contributed by atoms with Crippen molar-refractivity contribution in [2.45, 2.75) is 18.9 Å². The third kappa shape index (κ3) is 1.81. The van der Waals surface area contributed by atoms with E-state index in [0.717, 1.165) is 24.9 Å². The summed E-state index contributed by atoms with van der Waals surface area (Å²) in [5, 5.41) is 3.92. The topological polar surface area (TPSA) is 12.0 Å². The molecule has 1 aliphatic heterocycles. The van der Waals surface area contributed by atoms with Crippen molar-refractivity contribution < 1.29 is 4.39 Å². The molecule has 1 saturated heterocycles. The second-order valence-corrected chi connectivity index (χ2v) is 4.61. The summed E-state index contributed by atoms with van der Waals surface area (Å²) in [5.74, 6) is -0.252. The lowest BCUT2D eigenvalue weighted by Gasteiger charge is -2.14. The van der Waals surface area contributed by atoms with E-state index in [4.69, 9.17) is 11.6 Å². The maximum atomic E-state index is 13.3. The van der Waals surface area contributed by atoms with Crippen molar-refractivity contribution in [2.24, 2.45) is 0 Å². The largest absolute Gasteiger partial charge is 0.310 e. The van der Waals surface area contributed by atoms with E-state index >= 15 is 0 Å². The minimum Gasteiger partial charge on any atom is -0.310 e. The molecule has 1 N–H and O–H groups in total. The van der Waals surface area contributed by atoms with Crippen LogP contribution in [0.15, 0.2) is 16.6 Å². The van der Waals surface area contributed by atoms with Crippen LogP contribution in [0.25, 0.3) is 0 Å². The Kier molecular flexibility index (Phi) is 3.10. The number of nitrogens with one attached hydrogen (secondary N) is 1. The van der Waals surface area contributed by atoms with Crippen molar-refractivity contribution in [1.82, 2.24) is 5.32 Å². The molecule has 1 aromatic rings. The molecule has 14 heavy (non-hydrogen) atoms. The summed E-state index contributed by atoms with van der Waals surface area (Å²) in [6.07, 6.45) is 2.13. The van der Waals surface area contributed by atoms with Gasteiger partial charge in [-0.2, -0.15) is 0 Å². The van der Waals surface area contributed by atoms with Gasteiger partial charge in [0.2, 0.25) is 0 Å². The van der Waals surface area contributed by atoms with Crippen LogP contribution in [-0.4, -0.2) is 6.54 Å². The summed E-state index contributed by atoms with van der Waals surface area (Å²) in [6.45, 7) is 0.976. The fourth-order valence-corrected chi connectivity index (χ4v) is 2.82. The van der Waals surface area contributed by atoms with Crippen molar-refractivity contribution in [3.05, 3.63) is 33.0 Å². The highest BCUT2D eigenvalue weighted by Gasteiger charge is 2.22. The molecule has 0 unspecified atom stereocenters.